The molecule has 2 amide bonds. The van der Waals surface area contributed by atoms with E-state index >= 15 is 0 Å². The van der Waals surface area contributed by atoms with Gasteiger partial charge in [0.25, 0.3) is 0 Å². The number of ether oxygens (including phenoxy) is 1. The molecule has 2 saturated heterocycles. The van der Waals surface area contributed by atoms with E-state index in [0.717, 1.165) is 5.56 Å². The average molecular weight is 344 g/mol. The van der Waals surface area contributed by atoms with Crippen LogP contribution in [0.25, 0.3) is 0 Å². The fraction of sp³-hybridized carbons (Fsp3) is 0.600. The second kappa shape index (κ2) is 7.16. The van der Waals surface area contributed by atoms with Crippen molar-refractivity contribution in [2.75, 3.05) is 20.1 Å². The lowest BCUT2D eigenvalue weighted by molar-refractivity contribution is -0.154. The van der Waals surface area contributed by atoms with Crippen LogP contribution in [-0.2, 0) is 14.3 Å². The molecule has 2 aliphatic heterocycles. The lowest BCUT2D eigenvalue weighted by Gasteiger charge is -2.43. The number of benzene rings is 1. The number of carbonyl (C=O) groups is 2. The number of hydrogen-bond donors (Lipinski definition) is 0. The van der Waals surface area contributed by atoms with E-state index in [1.54, 1.807) is 4.90 Å². The summed E-state index contributed by atoms with van der Waals surface area (Å²) < 4.78 is 5.76. The highest BCUT2D eigenvalue weighted by Crippen LogP contribution is 2.37. The lowest BCUT2D eigenvalue weighted by atomic mass is 9.83. The summed E-state index contributed by atoms with van der Waals surface area (Å²) in [7, 11) is 1.82. The van der Waals surface area contributed by atoms with Crippen molar-refractivity contribution in [2.24, 2.45) is 5.92 Å². The summed E-state index contributed by atoms with van der Waals surface area (Å²) in [6, 6.07) is 7.98. The minimum absolute atomic E-state index is 0.0495. The Hall–Kier alpha value is -1.88. The predicted octanol–water partition coefficient (Wildman–Crippen LogP) is 2.54. The zero-order chi connectivity index (χ0) is 18.1. The van der Waals surface area contributed by atoms with Crippen LogP contribution < -0.4 is 0 Å². The summed E-state index contributed by atoms with van der Waals surface area (Å²) in [6.45, 7) is 7.29. The smallest absolute Gasteiger partial charge is 0.228 e. The molecule has 5 heteroatoms. The molecule has 0 spiro atoms. The molecule has 0 N–H and O–H groups in total. The first kappa shape index (κ1) is 17.9. The number of rotatable bonds is 2. The third-order valence-electron chi connectivity index (χ3n) is 5.33. The zero-order valence-electron chi connectivity index (χ0n) is 15.6. The van der Waals surface area contributed by atoms with Crippen molar-refractivity contribution in [3.63, 3.8) is 0 Å². The van der Waals surface area contributed by atoms with Crippen LogP contribution in [0, 0.1) is 12.8 Å². The van der Waals surface area contributed by atoms with E-state index in [9.17, 15) is 9.59 Å². The number of hydrogen-bond acceptors (Lipinski definition) is 3. The van der Waals surface area contributed by atoms with E-state index in [0.29, 0.717) is 25.9 Å². The molecule has 2 aliphatic rings. The standard InChI is InChI=1S/C20H28N2O3/c1-13-5-7-16(8-6-13)19-17(9-10-18(23)21(19)4)20(24)22-11-14(2)25-15(3)12-22/h5-8,14-15,17,19H,9-12H2,1-4H3/t14-,15-,17+,19+/m0/s1. The summed E-state index contributed by atoms with van der Waals surface area (Å²) in [4.78, 5) is 29.2. The first-order chi connectivity index (χ1) is 11.9. The molecule has 0 bridgehead atoms. The molecule has 0 radical (unpaired) electrons. The minimum atomic E-state index is -0.192. The van der Waals surface area contributed by atoms with Crippen LogP contribution in [0.5, 0.6) is 0 Å². The van der Waals surface area contributed by atoms with E-state index in [4.69, 9.17) is 4.74 Å². The topological polar surface area (TPSA) is 49.9 Å². The van der Waals surface area contributed by atoms with E-state index in [1.165, 1.54) is 5.56 Å². The summed E-state index contributed by atoms with van der Waals surface area (Å²) in [6.07, 6.45) is 1.15. The molecule has 0 aliphatic carbocycles. The van der Waals surface area contributed by atoms with Gasteiger partial charge in [-0.1, -0.05) is 29.8 Å². The molecule has 4 atom stereocenters. The monoisotopic (exact) mass is 344 g/mol. The highest BCUT2D eigenvalue weighted by Gasteiger charge is 2.41. The number of carbonyl (C=O) groups excluding carboxylic acids is 2. The third kappa shape index (κ3) is 3.71. The molecular weight excluding hydrogens is 316 g/mol. The largest absolute Gasteiger partial charge is 0.372 e. The summed E-state index contributed by atoms with van der Waals surface area (Å²) in [5.41, 5.74) is 2.21. The molecule has 0 aromatic heterocycles. The number of aryl methyl sites for hydroxylation is 1. The van der Waals surface area contributed by atoms with Gasteiger partial charge in [-0.25, -0.2) is 0 Å². The Bertz CT molecular complexity index is 633. The predicted molar refractivity (Wildman–Crippen MR) is 96.0 cm³/mol. The molecule has 136 valence electrons. The van der Waals surface area contributed by atoms with Crippen molar-refractivity contribution in [3.8, 4) is 0 Å². The van der Waals surface area contributed by atoms with Gasteiger partial charge in [-0.3, -0.25) is 9.59 Å². The van der Waals surface area contributed by atoms with Crippen LogP contribution in [0.1, 0.15) is 43.9 Å². The second-order valence-electron chi connectivity index (χ2n) is 7.51. The van der Waals surface area contributed by atoms with Crippen LogP contribution in [0.4, 0.5) is 0 Å². The van der Waals surface area contributed by atoms with Gasteiger partial charge in [0.1, 0.15) is 0 Å². The summed E-state index contributed by atoms with van der Waals surface area (Å²) in [5, 5.41) is 0. The van der Waals surface area contributed by atoms with Crippen molar-refractivity contribution >= 4 is 11.8 Å². The fourth-order valence-corrected chi connectivity index (χ4v) is 4.11. The highest BCUT2D eigenvalue weighted by atomic mass is 16.5. The second-order valence-corrected chi connectivity index (χ2v) is 7.51. The fourth-order valence-electron chi connectivity index (χ4n) is 4.11. The molecule has 0 unspecified atom stereocenters. The maximum Gasteiger partial charge on any atom is 0.228 e. The van der Waals surface area contributed by atoms with Gasteiger partial charge >= 0.3 is 0 Å². The van der Waals surface area contributed by atoms with Gasteiger partial charge in [-0.15, -0.1) is 0 Å². The quantitative estimate of drug-likeness (QED) is 0.828. The van der Waals surface area contributed by atoms with E-state index in [2.05, 4.69) is 0 Å². The van der Waals surface area contributed by atoms with Gasteiger partial charge in [0, 0.05) is 26.6 Å². The van der Waals surface area contributed by atoms with Crippen LogP contribution >= 0.6 is 0 Å². The first-order valence-corrected chi connectivity index (χ1v) is 9.13. The molecule has 1 aromatic carbocycles. The molecule has 25 heavy (non-hydrogen) atoms. The van der Waals surface area contributed by atoms with Crippen LogP contribution in [0.3, 0.4) is 0 Å². The van der Waals surface area contributed by atoms with E-state index in [1.807, 2.05) is 57.0 Å². The SMILES string of the molecule is Cc1ccc([C@@H]2[C@H](C(=O)N3C[C@H](C)O[C@@H](C)C3)CCC(=O)N2C)cc1. The lowest BCUT2D eigenvalue weighted by Crippen LogP contribution is -2.53. The molecule has 3 rings (SSSR count). The minimum Gasteiger partial charge on any atom is -0.372 e. The number of nitrogens with zero attached hydrogens (tertiary/aromatic N) is 2. The number of morpholine rings is 1. The zero-order valence-corrected chi connectivity index (χ0v) is 15.6. The van der Waals surface area contributed by atoms with E-state index in [-0.39, 0.29) is 36.0 Å². The Morgan fingerprint density at radius 3 is 2.32 bits per heavy atom. The maximum atomic E-state index is 13.3. The maximum absolute atomic E-state index is 13.3. The van der Waals surface area contributed by atoms with Gasteiger partial charge in [0.05, 0.1) is 24.2 Å². The Labute approximate surface area is 149 Å². The van der Waals surface area contributed by atoms with Crippen molar-refractivity contribution in [1.82, 2.24) is 9.80 Å². The number of piperidine rings is 1. The normalized spacial score (nSPS) is 30.5. The Morgan fingerprint density at radius 1 is 1.12 bits per heavy atom. The van der Waals surface area contributed by atoms with Crippen molar-refractivity contribution in [2.45, 2.75) is 51.9 Å². The van der Waals surface area contributed by atoms with E-state index < -0.39 is 0 Å². The van der Waals surface area contributed by atoms with Crippen LogP contribution in [0.2, 0.25) is 0 Å². The van der Waals surface area contributed by atoms with Crippen molar-refractivity contribution < 1.29 is 14.3 Å². The molecule has 1 aromatic rings. The Morgan fingerprint density at radius 2 is 1.72 bits per heavy atom. The number of likely N-dealkylation sites (tertiary alicyclic amines) is 1. The third-order valence-corrected chi connectivity index (χ3v) is 5.33. The van der Waals surface area contributed by atoms with Gasteiger partial charge in [0.2, 0.25) is 11.8 Å². The number of amides is 2. The summed E-state index contributed by atoms with van der Waals surface area (Å²) in [5.74, 6) is 0.0631. The van der Waals surface area contributed by atoms with Gasteiger partial charge in [-0.05, 0) is 32.8 Å². The molecule has 5 nitrogen and oxygen atoms in total. The first-order valence-electron chi connectivity index (χ1n) is 9.13. The van der Waals surface area contributed by atoms with Gasteiger partial charge in [0.15, 0.2) is 0 Å². The Balaban J connectivity index is 1.87. The van der Waals surface area contributed by atoms with Crippen LogP contribution in [0.15, 0.2) is 24.3 Å². The van der Waals surface area contributed by atoms with Crippen molar-refractivity contribution in [3.05, 3.63) is 35.4 Å². The highest BCUT2D eigenvalue weighted by molar-refractivity contribution is 5.85. The van der Waals surface area contributed by atoms with Gasteiger partial charge in [-0.2, -0.15) is 0 Å². The molecule has 2 fully saturated rings. The average Bonchev–Trinajstić information content (AvgIpc) is 2.57. The van der Waals surface area contributed by atoms with Crippen LogP contribution in [-0.4, -0.2) is 54.0 Å². The van der Waals surface area contributed by atoms with Gasteiger partial charge < -0.3 is 14.5 Å². The molecule has 0 saturated carbocycles. The summed E-state index contributed by atoms with van der Waals surface area (Å²) >= 11 is 0. The molecular formula is C20H28N2O3. The Kier molecular flexibility index (Phi) is 5.13. The molecule has 2 heterocycles. The van der Waals surface area contributed by atoms with Crippen molar-refractivity contribution in [1.29, 1.82) is 0 Å².